The van der Waals surface area contributed by atoms with Crippen molar-refractivity contribution in [2.24, 2.45) is 0 Å². The lowest BCUT2D eigenvalue weighted by Gasteiger charge is -2.09. The second-order valence-corrected chi connectivity index (χ2v) is 7.13. The lowest BCUT2D eigenvalue weighted by molar-refractivity contribution is 0.0762. The summed E-state index contributed by atoms with van der Waals surface area (Å²) in [5, 5.41) is 0.719. The van der Waals surface area contributed by atoms with Gasteiger partial charge in [0.05, 0.1) is 11.0 Å². The van der Waals surface area contributed by atoms with Crippen LogP contribution in [0.4, 0.5) is 0 Å². The molecule has 0 saturated carbocycles. The molecule has 0 heterocycles. The third-order valence-electron chi connectivity index (χ3n) is 2.70. The van der Waals surface area contributed by atoms with Gasteiger partial charge < -0.3 is 4.74 Å². The number of rotatable bonds is 9. The zero-order valence-corrected chi connectivity index (χ0v) is 14.3. The Hall–Kier alpha value is -0.430. The highest BCUT2D eigenvalue weighted by atomic mass is 79.9. The van der Waals surface area contributed by atoms with E-state index in [1.807, 2.05) is 13.8 Å². The average Bonchev–Trinajstić information content (AvgIpc) is 2.42. The molecule has 1 rings (SSSR count). The second-order valence-electron chi connectivity index (χ2n) is 4.80. The Morgan fingerprint density at radius 3 is 2.40 bits per heavy atom. The first-order valence-electron chi connectivity index (χ1n) is 6.72. The van der Waals surface area contributed by atoms with Crippen molar-refractivity contribution in [3.63, 3.8) is 0 Å². The van der Waals surface area contributed by atoms with Gasteiger partial charge in [0.25, 0.3) is 0 Å². The van der Waals surface area contributed by atoms with Crippen LogP contribution >= 0.6 is 15.9 Å². The first kappa shape index (κ1) is 17.6. The lowest BCUT2D eigenvalue weighted by Crippen LogP contribution is -2.25. The van der Waals surface area contributed by atoms with E-state index in [-0.39, 0.29) is 6.10 Å². The minimum atomic E-state index is -3.39. The van der Waals surface area contributed by atoms with Gasteiger partial charge in [-0.15, -0.1) is 0 Å². The summed E-state index contributed by atoms with van der Waals surface area (Å²) in [6.45, 7) is 5.07. The summed E-state index contributed by atoms with van der Waals surface area (Å²) < 4.78 is 32.0. The van der Waals surface area contributed by atoms with E-state index in [1.54, 1.807) is 24.3 Å². The van der Waals surface area contributed by atoms with E-state index < -0.39 is 10.0 Å². The van der Waals surface area contributed by atoms with Crippen LogP contribution < -0.4 is 4.72 Å². The number of sulfonamides is 1. The molecule has 0 spiro atoms. The molecule has 0 atom stereocenters. The summed E-state index contributed by atoms with van der Waals surface area (Å²) >= 11 is 3.33. The Balaban J connectivity index is 2.37. The Morgan fingerprint density at radius 1 is 1.20 bits per heavy atom. The molecule has 0 aromatic heterocycles. The van der Waals surface area contributed by atoms with Crippen molar-refractivity contribution in [1.82, 2.24) is 4.72 Å². The van der Waals surface area contributed by atoms with Crippen LogP contribution in [0.3, 0.4) is 0 Å². The molecule has 6 heteroatoms. The van der Waals surface area contributed by atoms with Crippen LogP contribution in [0.2, 0.25) is 0 Å². The van der Waals surface area contributed by atoms with E-state index in [4.69, 9.17) is 4.74 Å². The van der Waals surface area contributed by atoms with E-state index in [0.29, 0.717) is 18.0 Å². The summed E-state index contributed by atoms with van der Waals surface area (Å²) in [5.74, 6) is 0. The Kier molecular flexibility index (Phi) is 7.72. The highest BCUT2D eigenvalue weighted by Gasteiger charge is 2.12. The third kappa shape index (κ3) is 6.35. The van der Waals surface area contributed by atoms with Crippen molar-refractivity contribution in [2.75, 3.05) is 13.2 Å². The maximum absolute atomic E-state index is 12.0. The zero-order chi connectivity index (χ0) is 15.0. The monoisotopic (exact) mass is 363 g/mol. The molecule has 1 aromatic carbocycles. The fourth-order valence-corrected chi connectivity index (χ4v) is 3.04. The van der Waals surface area contributed by atoms with Crippen molar-refractivity contribution < 1.29 is 13.2 Å². The molecule has 0 bridgehead atoms. The topological polar surface area (TPSA) is 55.4 Å². The Labute approximate surface area is 130 Å². The first-order chi connectivity index (χ1) is 9.45. The largest absolute Gasteiger partial charge is 0.379 e. The molecule has 0 fully saturated rings. The van der Waals surface area contributed by atoms with Crippen molar-refractivity contribution in [3.8, 4) is 0 Å². The minimum Gasteiger partial charge on any atom is -0.379 e. The van der Waals surface area contributed by atoms with E-state index >= 15 is 0 Å². The fourth-order valence-electron chi connectivity index (χ4n) is 1.59. The van der Waals surface area contributed by atoms with Gasteiger partial charge in [0.15, 0.2) is 0 Å². The Morgan fingerprint density at radius 2 is 1.85 bits per heavy atom. The van der Waals surface area contributed by atoms with Gasteiger partial charge in [0.1, 0.15) is 0 Å². The van der Waals surface area contributed by atoms with Crippen LogP contribution in [0.1, 0.15) is 32.3 Å². The zero-order valence-electron chi connectivity index (χ0n) is 11.9. The number of hydrogen-bond donors (Lipinski definition) is 1. The van der Waals surface area contributed by atoms with Gasteiger partial charge in [0.2, 0.25) is 10.0 Å². The van der Waals surface area contributed by atoms with Gasteiger partial charge in [-0.1, -0.05) is 28.1 Å². The van der Waals surface area contributed by atoms with Gasteiger partial charge in [-0.05, 0) is 44.4 Å². The van der Waals surface area contributed by atoms with E-state index in [0.717, 1.165) is 23.7 Å². The lowest BCUT2D eigenvalue weighted by atomic mass is 10.2. The molecule has 20 heavy (non-hydrogen) atoms. The predicted molar refractivity (Wildman–Crippen MR) is 84.6 cm³/mol. The summed E-state index contributed by atoms with van der Waals surface area (Å²) in [4.78, 5) is 0.306. The van der Waals surface area contributed by atoms with Crippen LogP contribution in [0.25, 0.3) is 0 Å². The van der Waals surface area contributed by atoms with Gasteiger partial charge in [0, 0.05) is 18.5 Å². The summed E-state index contributed by atoms with van der Waals surface area (Å²) in [5.41, 5.74) is 1.05. The molecule has 114 valence electrons. The fraction of sp³-hybridized carbons (Fsp3) is 0.571. The molecule has 1 N–H and O–H groups in total. The van der Waals surface area contributed by atoms with Gasteiger partial charge in [-0.2, -0.15) is 0 Å². The number of unbranched alkanes of at least 4 members (excludes halogenated alkanes) is 1. The second kappa shape index (κ2) is 8.77. The number of halogens is 1. The predicted octanol–water partition coefficient (Wildman–Crippen LogP) is 3.07. The third-order valence-corrected chi connectivity index (χ3v) is 4.83. The summed E-state index contributed by atoms with van der Waals surface area (Å²) in [7, 11) is -3.39. The van der Waals surface area contributed by atoms with Crippen molar-refractivity contribution in [1.29, 1.82) is 0 Å². The number of ether oxygens (including phenoxy) is 1. The van der Waals surface area contributed by atoms with Crippen LogP contribution in [-0.2, 0) is 20.1 Å². The van der Waals surface area contributed by atoms with Crippen LogP contribution in [0.15, 0.2) is 29.2 Å². The number of nitrogens with one attached hydrogen (secondary N) is 1. The maximum atomic E-state index is 12.0. The first-order valence-corrected chi connectivity index (χ1v) is 9.32. The SMILES string of the molecule is CC(C)OCCCCNS(=O)(=O)c1ccc(CBr)cc1. The summed E-state index contributed by atoms with van der Waals surface area (Å²) in [6.07, 6.45) is 1.84. The maximum Gasteiger partial charge on any atom is 0.240 e. The van der Waals surface area contributed by atoms with Gasteiger partial charge in [-0.3, -0.25) is 0 Å². The van der Waals surface area contributed by atoms with Crippen LogP contribution in [0, 0.1) is 0 Å². The molecule has 4 nitrogen and oxygen atoms in total. The quantitative estimate of drug-likeness (QED) is 0.541. The average molecular weight is 364 g/mol. The number of benzene rings is 1. The normalized spacial score (nSPS) is 12.0. The molecule has 0 aliphatic carbocycles. The molecular weight excluding hydrogens is 342 g/mol. The van der Waals surface area contributed by atoms with Crippen LogP contribution in [-0.4, -0.2) is 27.7 Å². The summed E-state index contributed by atoms with van der Waals surface area (Å²) in [6, 6.07) is 6.86. The van der Waals surface area contributed by atoms with E-state index in [1.165, 1.54) is 0 Å². The van der Waals surface area contributed by atoms with Crippen molar-refractivity contribution >= 4 is 26.0 Å². The highest BCUT2D eigenvalue weighted by molar-refractivity contribution is 9.08. The minimum absolute atomic E-state index is 0.222. The smallest absolute Gasteiger partial charge is 0.240 e. The molecule has 0 unspecified atom stereocenters. The molecule has 1 aromatic rings. The number of alkyl halides is 1. The molecule has 0 aliphatic heterocycles. The number of hydrogen-bond acceptors (Lipinski definition) is 3. The molecule has 0 radical (unpaired) electrons. The molecule has 0 aliphatic rings. The molecule has 0 saturated heterocycles. The molecular formula is C14H22BrNO3S. The van der Waals surface area contributed by atoms with E-state index in [2.05, 4.69) is 20.7 Å². The van der Waals surface area contributed by atoms with Crippen LogP contribution in [0.5, 0.6) is 0 Å². The van der Waals surface area contributed by atoms with Crippen molar-refractivity contribution in [3.05, 3.63) is 29.8 Å². The highest BCUT2D eigenvalue weighted by Crippen LogP contribution is 2.12. The molecule has 0 amide bonds. The van der Waals surface area contributed by atoms with Gasteiger partial charge in [-0.25, -0.2) is 13.1 Å². The van der Waals surface area contributed by atoms with Crippen molar-refractivity contribution in [2.45, 2.75) is 43.0 Å². The van der Waals surface area contributed by atoms with E-state index in [9.17, 15) is 8.42 Å². The Bertz CT molecular complexity index is 486. The standard InChI is InChI=1S/C14H22BrNO3S/c1-12(2)19-10-4-3-9-16-20(17,18)14-7-5-13(11-15)6-8-14/h5-8,12,16H,3-4,9-11H2,1-2H3. The van der Waals surface area contributed by atoms with Gasteiger partial charge >= 0.3 is 0 Å².